The first-order valence-electron chi connectivity index (χ1n) is 4.76. The predicted octanol–water partition coefficient (Wildman–Crippen LogP) is 0.890. The molecule has 0 aromatic heterocycles. The third-order valence-electron chi connectivity index (χ3n) is 2.42. The minimum Gasteiger partial charge on any atom is -0.376 e. The van der Waals surface area contributed by atoms with Crippen LogP contribution in [0.3, 0.4) is 0 Å². The van der Waals surface area contributed by atoms with Gasteiger partial charge in [0.15, 0.2) is 6.17 Å². The summed E-state index contributed by atoms with van der Waals surface area (Å²) in [6, 6.07) is 0. The van der Waals surface area contributed by atoms with Crippen molar-refractivity contribution in [2.24, 2.45) is 0 Å². The number of phosphoric acid groups is 1. The van der Waals surface area contributed by atoms with Crippen LogP contribution in [0.1, 0.15) is 6.92 Å². The quantitative estimate of drug-likeness (QED) is 0.738. The molecule has 0 aliphatic carbocycles. The van der Waals surface area contributed by atoms with E-state index in [9.17, 15) is 8.96 Å². The highest BCUT2D eigenvalue weighted by Gasteiger charge is 2.44. The van der Waals surface area contributed by atoms with Gasteiger partial charge < -0.3 is 14.4 Å². The van der Waals surface area contributed by atoms with Crippen LogP contribution < -0.4 is 0 Å². The molecule has 0 radical (unpaired) electrons. The van der Waals surface area contributed by atoms with E-state index in [0.29, 0.717) is 0 Å². The molecule has 1 aliphatic heterocycles. The lowest BCUT2D eigenvalue weighted by Crippen LogP contribution is -2.33. The zero-order valence-electron chi connectivity index (χ0n) is 9.33. The molecule has 1 N–H and O–H groups in total. The molecule has 0 aromatic carbocycles. The predicted molar refractivity (Wildman–Crippen MR) is 52.8 cm³/mol. The standard InChI is InChI=1S/C8H16FO6P/c1-5-7(9)8(12-2)6(15-5)4-14-16(10,11)13-3/h5-8H,4H2,1-3H3,(H,10,11)/t5-,6+,7+,8-/m0/s1. The molecule has 0 spiro atoms. The molecule has 1 fully saturated rings. The van der Waals surface area contributed by atoms with Crippen LogP contribution in [0, 0.1) is 0 Å². The van der Waals surface area contributed by atoms with E-state index in [1.807, 2.05) is 0 Å². The number of alkyl halides is 1. The first-order chi connectivity index (χ1) is 7.41. The van der Waals surface area contributed by atoms with Gasteiger partial charge in [-0.05, 0) is 6.92 Å². The fraction of sp³-hybridized carbons (Fsp3) is 1.00. The van der Waals surface area contributed by atoms with Gasteiger partial charge in [0.25, 0.3) is 0 Å². The van der Waals surface area contributed by atoms with Gasteiger partial charge in [-0.25, -0.2) is 8.96 Å². The second-order valence-corrected chi connectivity index (χ2v) is 5.03. The molecule has 96 valence electrons. The van der Waals surface area contributed by atoms with Crippen LogP contribution in [-0.2, 0) is 23.1 Å². The molecule has 0 bridgehead atoms. The Morgan fingerprint density at radius 1 is 1.50 bits per heavy atom. The average molecular weight is 258 g/mol. The van der Waals surface area contributed by atoms with Crippen molar-refractivity contribution in [3.8, 4) is 0 Å². The molecule has 1 heterocycles. The van der Waals surface area contributed by atoms with Gasteiger partial charge in [0.1, 0.15) is 12.2 Å². The van der Waals surface area contributed by atoms with E-state index in [1.165, 1.54) is 7.11 Å². The van der Waals surface area contributed by atoms with E-state index in [-0.39, 0.29) is 6.61 Å². The Bertz CT molecular complexity index is 275. The number of hydrogen-bond acceptors (Lipinski definition) is 5. The van der Waals surface area contributed by atoms with E-state index in [0.717, 1.165) is 7.11 Å². The van der Waals surface area contributed by atoms with Crippen LogP contribution in [0.4, 0.5) is 4.39 Å². The number of hydrogen-bond donors (Lipinski definition) is 1. The molecule has 0 saturated carbocycles. The number of ether oxygens (including phenoxy) is 2. The minimum atomic E-state index is -4.06. The molecule has 5 atom stereocenters. The lowest BCUT2D eigenvalue weighted by atomic mass is 10.1. The molecule has 6 nitrogen and oxygen atoms in total. The second kappa shape index (κ2) is 5.53. The minimum absolute atomic E-state index is 0.259. The van der Waals surface area contributed by atoms with Crippen molar-refractivity contribution in [1.29, 1.82) is 0 Å². The topological polar surface area (TPSA) is 74.2 Å². The van der Waals surface area contributed by atoms with Gasteiger partial charge in [-0.1, -0.05) is 0 Å². The summed E-state index contributed by atoms with van der Waals surface area (Å²) in [6.07, 6.45) is -3.42. The van der Waals surface area contributed by atoms with Crippen LogP contribution in [0.2, 0.25) is 0 Å². The highest BCUT2D eigenvalue weighted by atomic mass is 31.2. The summed E-state index contributed by atoms with van der Waals surface area (Å²) >= 11 is 0. The number of methoxy groups -OCH3 is 1. The SMILES string of the molecule is CO[C@@H]1[C@H](F)[C@H](C)O[C@@H]1COP(=O)(O)OC. The summed E-state index contributed by atoms with van der Waals surface area (Å²) in [5.74, 6) is 0. The van der Waals surface area contributed by atoms with Crippen LogP contribution >= 0.6 is 7.82 Å². The van der Waals surface area contributed by atoms with Gasteiger partial charge in [-0.2, -0.15) is 0 Å². The van der Waals surface area contributed by atoms with Crippen molar-refractivity contribution < 1.29 is 32.4 Å². The number of rotatable bonds is 5. The van der Waals surface area contributed by atoms with Crippen molar-refractivity contribution >= 4 is 7.82 Å². The maximum atomic E-state index is 13.5. The summed E-state index contributed by atoms with van der Waals surface area (Å²) < 4.78 is 43.4. The third-order valence-corrected chi connectivity index (χ3v) is 3.36. The Balaban J connectivity index is 2.52. The van der Waals surface area contributed by atoms with Crippen molar-refractivity contribution in [3.05, 3.63) is 0 Å². The van der Waals surface area contributed by atoms with Crippen molar-refractivity contribution in [3.63, 3.8) is 0 Å². The fourth-order valence-electron chi connectivity index (χ4n) is 1.54. The molecule has 1 aliphatic rings. The average Bonchev–Trinajstić information content (AvgIpc) is 2.52. The Morgan fingerprint density at radius 3 is 2.62 bits per heavy atom. The van der Waals surface area contributed by atoms with Gasteiger partial charge in [0, 0.05) is 14.2 Å². The maximum absolute atomic E-state index is 13.5. The van der Waals surface area contributed by atoms with E-state index in [1.54, 1.807) is 6.92 Å². The van der Waals surface area contributed by atoms with Crippen molar-refractivity contribution in [1.82, 2.24) is 0 Å². The molecule has 1 unspecified atom stereocenters. The summed E-state index contributed by atoms with van der Waals surface area (Å²) in [4.78, 5) is 9.00. The van der Waals surface area contributed by atoms with Crippen LogP contribution in [0.25, 0.3) is 0 Å². The van der Waals surface area contributed by atoms with Crippen molar-refractivity contribution in [2.45, 2.75) is 31.4 Å². The van der Waals surface area contributed by atoms with Gasteiger partial charge in [0.2, 0.25) is 0 Å². The second-order valence-electron chi connectivity index (χ2n) is 3.47. The van der Waals surface area contributed by atoms with E-state index < -0.39 is 32.3 Å². The highest BCUT2D eigenvalue weighted by molar-refractivity contribution is 7.47. The molecule has 16 heavy (non-hydrogen) atoms. The third kappa shape index (κ3) is 3.23. The summed E-state index contributed by atoms with van der Waals surface area (Å²) in [7, 11) is -1.67. The van der Waals surface area contributed by atoms with Gasteiger partial charge in [-0.15, -0.1) is 0 Å². The lowest BCUT2D eigenvalue weighted by Gasteiger charge is -2.18. The first-order valence-corrected chi connectivity index (χ1v) is 6.26. The van der Waals surface area contributed by atoms with Crippen LogP contribution in [-0.4, -0.2) is 50.2 Å². The smallest absolute Gasteiger partial charge is 0.376 e. The van der Waals surface area contributed by atoms with Crippen molar-refractivity contribution in [2.75, 3.05) is 20.8 Å². The van der Waals surface area contributed by atoms with E-state index in [4.69, 9.17) is 14.4 Å². The monoisotopic (exact) mass is 258 g/mol. The molecule has 1 rings (SSSR count). The normalized spacial score (nSPS) is 38.6. The molecule has 1 saturated heterocycles. The molecule has 0 aromatic rings. The maximum Gasteiger partial charge on any atom is 0.472 e. The summed E-state index contributed by atoms with van der Waals surface area (Å²) in [5.41, 5.74) is 0. The number of phosphoric ester groups is 1. The Morgan fingerprint density at radius 2 is 2.12 bits per heavy atom. The molecule has 8 heteroatoms. The Hall–Kier alpha value is -0.0400. The van der Waals surface area contributed by atoms with E-state index >= 15 is 0 Å². The Labute approximate surface area is 93.3 Å². The van der Waals surface area contributed by atoms with Gasteiger partial charge in [0.05, 0.1) is 12.7 Å². The summed E-state index contributed by atoms with van der Waals surface area (Å²) in [5, 5.41) is 0. The van der Waals surface area contributed by atoms with E-state index in [2.05, 4.69) is 9.05 Å². The lowest BCUT2D eigenvalue weighted by molar-refractivity contribution is -0.0318. The Kier molecular flexibility index (Phi) is 4.85. The molecular weight excluding hydrogens is 242 g/mol. The molecular formula is C8H16FO6P. The van der Waals surface area contributed by atoms with Crippen LogP contribution in [0.5, 0.6) is 0 Å². The summed E-state index contributed by atoms with van der Waals surface area (Å²) in [6.45, 7) is 1.30. The zero-order chi connectivity index (χ0) is 12.3. The van der Waals surface area contributed by atoms with Gasteiger partial charge >= 0.3 is 7.82 Å². The highest BCUT2D eigenvalue weighted by Crippen LogP contribution is 2.42. The largest absolute Gasteiger partial charge is 0.472 e. The first kappa shape index (κ1) is 14.0. The van der Waals surface area contributed by atoms with Crippen LogP contribution in [0.15, 0.2) is 0 Å². The van der Waals surface area contributed by atoms with Gasteiger partial charge in [-0.3, -0.25) is 9.05 Å². The molecule has 0 amide bonds. The zero-order valence-corrected chi connectivity index (χ0v) is 10.2. The fourth-order valence-corrected chi connectivity index (χ4v) is 1.98. The number of halogens is 1.